The molecule has 16 rings (SSSR count). The first kappa shape index (κ1) is 42.9. The Morgan fingerprint density at radius 1 is 0.250 bits per heavy atom. The lowest BCUT2D eigenvalue weighted by molar-refractivity contribution is 1.07. The van der Waals surface area contributed by atoms with Crippen molar-refractivity contribution in [3.63, 3.8) is 0 Å². The number of fused-ring (bicyclic) bond motifs is 10. The van der Waals surface area contributed by atoms with Crippen LogP contribution in [0.3, 0.4) is 0 Å². The summed E-state index contributed by atoms with van der Waals surface area (Å²) in [5, 5.41) is 15.8. The number of hydrogen-bond acceptors (Lipinski definition) is 3. The maximum absolute atomic E-state index is 5.44. The molecule has 0 unspecified atom stereocenters. The van der Waals surface area contributed by atoms with Gasteiger partial charge in [-0.15, -0.1) is 0 Å². The van der Waals surface area contributed by atoms with Gasteiger partial charge < -0.3 is 9.13 Å². The first-order valence-electron chi connectivity index (χ1n) is 26.1. The number of benzene rings is 11. The summed E-state index contributed by atoms with van der Waals surface area (Å²) in [6, 6.07) is 101. The maximum Gasteiger partial charge on any atom is 0.184 e. The van der Waals surface area contributed by atoms with E-state index in [9.17, 15) is 0 Å². The highest BCUT2D eigenvalue weighted by Crippen LogP contribution is 2.40. The quantitative estimate of drug-likeness (QED) is 0.150. The molecule has 354 valence electrons. The zero-order chi connectivity index (χ0) is 50.0. The highest BCUT2D eigenvalue weighted by Gasteiger charge is 2.49. The van der Waals surface area contributed by atoms with Gasteiger partial charge in [0.15, 0.2) is 33.6 Å². The van der Waals surface area contributed by atoms with Gasteiger partial charge in [-0.05, 0) is 90.0 Å². The fourth-order valence-electron chi connectivity index (χ4n) is 13.5. The summed E-state index contributed by atoms with van der Waals surface area (Å²) < 4.78 is 5.03. The molecule has 11 aromatic carbocycles. The minimum Gasteiger partial charge on any atom is -0.309 e. The normalized spacial score (nSPS) is 13.7. The molecular weight excluding hydrogens is 955 g/mol. The lowest BCUT2D eigenvalue weighted by Gasteiger charge is -2.39. The van der Waals surface area contributed by atoms with Gasteiger partial charge in [-0.25, -0.2) is 15.0 Å². The topological polar surface area (TPSA) is 48.5 Å². The molecule has 0 bridgehead atoms. The molecule has 0 aliphatic carbocycles. The van der Waals surface area contributed by atoms with Gasteiger partial charge in [-0.1, -0.05) is 224 Å². The van der Waals surface area contributed by atoms with Crippen LogP contribution >= 0.6 is 0 Å². The lowest BCUT2D eigenvalue weighted by Crippen LogP contribution is -2.76. The summed E-state index contributed by atoms with van der Waals surface area (Å²) in [6.07, 6.45) is 0. The van der Waals surface area contributed by atoms with E-state index in [0.717, 1.165) is 27.7 Å². The van der Waals surface area contributed by atoms with Crippen molar-refractivity contribution in [3.8, 4) is 45.5 Å². The van der Waals surface area contributed by atoms with Crippen molar-refractivity contribution in [2.24, 2.45) is 0 Å². The fourth-order valence-corrected chi connectivity index (χ4v) is 23.7. The molecule has 14 aromatic rings. The SMILES string of the molecule is c1ccc(-c2nc(-c3ccc4c(c3)c3cccc5c3n4-c3ccccc3[Si]5(c3ccccc3)c3ccccc3)nc(-c3ccc4c(c3)c3cccc5c3n4-c3ccccc3[Si]5(c3ccccc3)c3ccccc3)n2)cc1. The van der Waals surface area contributed by atoms with Crippen molar-refractivity contribution < 1.29 is 0 Å². The standard InChI is InChI=1S/C69H45N5Si2/c1-6-22-46(23-7-1)67-70-68(47-40-42-57-55(44-47)53-32-20-38-63-65(53)73(57)59-34-16-18-36-61(59)75(63,49-24-8-2-9-25-49)50-26-10-3-11-27-50)72-69(71-67)48-41-43-58-56(45-48)54-33-21-39-64-66(54)74(58)60-35-17-19-37-62(60)76(64,51-28-12-4-13-29-51)52-30-14-5-15-31-52/h1-45H. The smallest absolute Gasteiger partial charge is 0.184 e. The Bertz CT molecular complexity index is 4280. The van der Waals surface area contributed by atoms with Gasteiger partial charge in [0.1, 0.15) is 0 Å². The highest BCUT2D eigenvalue weighted by atomic mass is 28.3. The van der Waals surface area contributed by atoms with E-state index in [1.54, 1.807) is 0 Å². The lowest BCUT2D eigenvalue weighted by atomic mass is 10.1. The molecule has 7 heteroatoms. The van der Waals surface area contributed by atoms with Crippen LogP contribution in [0.4, 0.5) is 0 Å². The van der Waals surface area contributed by atoms with Crippen LogP contribution in [-0.2, 0) is 0 Å². The molecule has 2 aliphatic rings. The van der Waals surface area contributed by atoms with Gasteiger partial charge in [-0.2, -0.15) is 0 Å². The van der Waals surface area contributed by atoms with Crippen LogP contribution in [0.2, 0.25) is 0 Å². The minimum absolute atomic E-state index is 0.633. The Labute approximate surface area is 441 Å². The predicted molar refractivity (Wildman–Crippen MR) is 319 cm³/mol. The number of rotatable bonds is 7. The number of aromatic nitrogens is 5. The number of hydrogen-bond donors (Lipinski definition) is 0. The van der Waals surface area contributed by atoms with Crippen molar-refractivity contribution in [2.45, 2.75) is 0 Å². The molecule has 3 aromatic heterocycles. The van der Waals surface area contributed by atoms with Crippen molar-refractivity contribution in [1.82, 2.24) is 24.1 Å². The third-order valence-electron chi connectivity index (χ3n) is 16.5. The first-order valence-corrected chi connectivity index (χ1v) is 30.1. The molecular formula is C69H45N5Si2. The van der Waals surface area contributed by atoms with Crippen LogP contribution < -0.4 is 41.5 Å². The molecule has 0 spiro atoms. The van der Waals surface area contributed by atoms with Crippen LogP contribution in [-0.4, -0.2) is 40.2 Å². The van der Waals surface area contributed by atoms with E-state index in [-0.39, 0.29) is 0 Å². The number of nitrogens with zero attached hydrogens (tertiary/aromatic N) is 5. The molecule has 5 nitrogen and oxygen atoms in total. The summed E-state index contributed by atoms with van der Waals surface area (Å²) in [4.78, 5) is 16.1. The Kier molecular flexibility index (Phi) is 9.31. The van der Waals surface area contributed by atoms with Crippen LogP contribution in [0.5, 0.6) is 0 Å². The van der Waals surface area contributed by atoms with E-state index in [1.807, 2.05) is 6.07 Å². The summed E-state index contributed by atoms with van der Waals surface area (Å²) in [5.74, 6) is 1.90. The van der Waals surface area contributed by atoms with Gasteiger partial charge in [0.05, 0.1) is 22.1 Å². The van der Waals surface area contributed by atoms with Gasteiger partial charge in [-0.3, -0.25) is 0 Å². The molecule has 0 atom stereocenters. The van der Waals surface area contributed by atoms with Gasteiger partial charge in [0.2, 0.25) is 0 Å². The molecule has 0 amide bonds. The van der Waals surface area contributed by atoms with E-state index in [1.165, 1.54) is 85.4 Å². The molecule has 0 saturated heterocycles. The maximum atomic E-state index is 5.44. The molecule has 76 heavy (non-hydrogen) atoms. The van der Waals surface area contributed by atoms with E-state index in [2.05, 4.69) is 276 Å². The van der Waals surface area contributed by atoms with Crippen molar-refractivity contribution in [3.05, 3.63) is 273 Å². The largest absolute Gasteiger partial charge is 0.309 e. The Morgan fingerprint density at radius 2 is 0.579 bits per heavy atom. The predicted octanol–water partition coefficient (Wildman–Crippen LogP) is 10.4. The van der Waals surface area contributed by atoms with Crippen molar-refractivity contribution >= 4 is 101 Å². The fraction of sp³-hybridized carbons (Fsp3) is 0. The van der Waals surface area contributed by atoms with Crippen LogP contribution in [0.1, 0.15) is 0 Å². The molecule has 0 N–H and O–H groups in total. The highest BCUT2D eigenvalue weighted by molar-refractivity contribution is 7.22. The van der Waals surface area contributed by atoms with E-state index < -0.39 is 16.1 Å². The van der Waals surface area contributed by atoms with Crippen LogP contribution in [0, 0.1) is 0 Å². The van der Waals surface area contributed by atoms with Crippen LogP contribution in [0.15, 0.2) is 273 Å². The second-order valence-electron chi connectivity index (χ2n) is 20.2. The molecule has 0 radical (unpaired) electrons. The minimum atomic E-state index is -2.78. The Morgan fingerprint density at radius 3 is 0.974 bits per heavy atom. The van der Waals surface area contributed by atoms with E-state index in [0.29, 0.717) is 17.5 Å². The third-order valence-corrected chi connectivity index (χ3v) is 26.2. The monoisotopic (exact) mass is 999 g/mol. The first-order chi connectivity index (χ1) is 37.7. The zero-order valence-electron chi connectivity index (χ0n) is 41.2. The third kappa shape index (κ3) is 5.86. The van der Waals surface area contributed by atoms with Crippen molar-refractivity contribution in [1.29, 1.82) is 0 Å². The molecule has 0 fully saturated rings. The summed E-state index contributed by atoms with van der Waals surface area (Å²) in [6.45, 7) is 0. The number of para-hydroxylation sites is 4. The summed E-state index contributed by atoms with van der Waals surface area (Å²) in [5.41, 5.74) is 10.1. The van der Waals surface area contributed by atoms with Gasteiger partial charge >= 0.3 is 0 Å². The summed E-state index contributed by atoms with van der Waals surface area (Å²) in [7, 11) is -5.57. The van der Waals surface area contributed by atoms with Gasteiger partial charge in [0, 0.05) is 49.6 Å². The second-order valence-corrected chi connectivity index (χ2v) is 27.7. The Balaban J connectivity index is 0.912. The summed E-state index contributed by atoms with van der Waals surface area (Å²) >= 11 is 0. The molecule has 2 aliphatic heterocycles. The van der Waals surface area contributed by atoms with Crippen LogP contribution in [0.25, 0.3) is 89.2 Å². The average Bonchev–Trinajstić information content (AvgIpc) is 4.19. The van der Waals surface area contributed by atoms with Gasteiger partial charge in [0.25, 0.3) is 0 Å². The average molecular weight is 1000 g/mol. The molecule has 0 saturated carbocycles. The zero-order valence-corrected chi connectivity index (χ0v) is 43.2. The molecule has 5 heterocycles. The van der Waals surface area contributed by atoms with Crippen molar-refractivity contribution in [2.75, 3.05) is 0 Å². The van der Waals surface area contributed by atoms with E-state index in [4.69, 9.17) is 15.0 Å². The second kappa shape index (κ2) is 16.5. The Hall–Kier alpha value is -9.54. The van der Waals surface area contributed by atoms with E-state index >= 15 is 0 Å².